The van der Waals surface area contributed by atoms with Crippen LogP contribution in [-0.4, -0.2) is 46.1 Å². The van der Waals surface area contributed by atoms with Crippen LogP contribution in [0.3, 0.4) is 0 Å². The van der Waals surface area contributed by atoms with Crippen LogP contribution in [0.15, 0.2) is 36.4 Å². The summed E-state index contributed by atoms with van der Waals surface area (Å²) in [5.41, 5.74) is 2.44. The van der Waals surface area contributed by atoms with Gasteiger partial charge in [-0.15, -0.1) is 5.10 Å². The summed E-state index contributed by atoms with van der Waals surface area (Å²) < 4.78 is 13.3. The predicted molar refractivity (Wildman–Crippen MR) is 111 cm³/mol. The summed E-state index contributed by atoms with van der Waals surface area (Å²) in [6.07, 6.45) is 5.27. The van der Waals surface area contributed by atoms with Gasteiger partial charge in [-0.3, -0.25) is 0 Å². The third-order valence-electron chi connectivity index (χ3n) is 5.73. The van der Waals surface area contributed by atoms with Crippen LogP contribution in [0.25, 0.3) is 0 Å². The molecule has 7 nitrogen and oxygen atoms in total. The van der Waals surface area contributed by atoms with Crippen molar-refractivity contribution in [1.29, 1.82) is 0 Å². The minimum absolute atomic E-state index is 0.0601. The summed E-state index contributed by atoms with van der Waals surface area (Å²) in [5, 5.41) is 16.4. The fourth-order valence-electron chi connectivity index (χ4n) is 3.92. The molecule has 2 aliphatic rings. The Morgan fingerprint density at radius 1 is 1.31 bits per heavy atom. The Kier molecular flexibility index (Phi) is 6.56. The van der Waals surface area contributed by atoms with Crippen molar-refractivity contribution in [2.75, 3.05) is 19.8 Å². The van der Waals surface area contributed by atoms with Crippen LogP contribution in [0.4, 0.5) is 0 Å². The quantitative estimate of drug-likeness (QED) is 0.490. The first-order chi connectivity index (χ1) is 14.2. The molecule has 1 N–H and O–H groups in total. The predicted octanol–water partition coefficient (Wildman–Crippen LogP) is 3.29. The summed E-state index contributed by atoms with van der Waals surface area (Å²) in [4.78, 5) is 0. The third-order valence-corrected chi connectivity index (χ3v) is 5.73. The molecule has 1 aromatic carbocycles. The molecule has 1 saturated heterocycles. The van der Waals surface area contributed by atoms with Crippen LogP contribution in [-0.2, 0) is 11.3 Å². The first-order valence-electron chi connectivity index (χ1n) is 10.7. The first-order valence-corrected chi connectivity index (χ1v) is 10.7. The number of hydrogen-bond donors (Lipinski definition) is 1. The third kappa shape index (κ3) is 5.03. The van der Waals surface area contributed by atoms with Gasteiger partial charge in [0.05, 0.1) is 19.3 Å². The highest BCUT2D eigenvalue weighted by molar-refractivity contribution is 5.32. The molecule has 0 bridgehead atoms. The maximum absolute atomic E-state index is 5.82. The number of ether oxygens (including phenoxy) is 2. The van der Waals surface area contributed by atoms with Gasteiger partial charge in [0.1, 0.15) is 5.75 Å². The number of benzene rings is 1. The molecule has 0 amide bonds. The van der Waals surface area contributed by atoms with Crippen molar-refractivity contribution >= 4 is 0 Å². The standard InChI is InChI=1S/C22H31N5O2/c1-3-4-10-29-20-7-5-18(6-8-20)21(23-19-12-16(2)13-19)22-24-25-26-27(22)14-17-9-11-28-15-17/h5-8,17,19,21,23H,2-4,9-15H2,1H3. The van der Waals surface area contributed by atoms with E-state index in [1.807, 2.05) is 16.8 Å². The van der Waals surface area contributed by atoms with Gasteiger partial charge in [0.25, 0.3) is 0 Å². The maximum atomic E-state index is 5.82. The van der Waals surface area contributed by atoms with Gasteiger partial charge in [-0.25, -0.2) is 4.68 Å². The molecule has 7 heteroatoms. The van der Waals surface area contributed by atoms with E-state index in [2.05, 4.69) is 46.5 Å². The summed E-state index contributed by atoms with van der Waals surface area (Å²) in [7, 11) is 0. The Hall–Kier alpha value is -2.25. The lowest BCUT2D eigenvalue weighted by Crippen LogP contribution is -2.40. The van der Waals surface area contributed by atoms with Crippen LogP contribution in [0.5, 0.6) is 5.75 Å². The van der Waals surface area contributed by atoms with Gasteiger partial charge in [0, 0.05) is 25.1 Å². The Bertz CT molecular complexity index is 790. The summed E-state index contributed by atoms with van der Waals surface area (Å²) >= 11 is 0. The fourth-order valence-corrected chi connectivity index (χ4v) is 3.92. The van der Waals surface area contributed by atoms with E-state index in [1.165, 1.54) is 5.57 Å². The van der Waals surface area contributed by atoms with Gasteiger partial charge in [0.15, 0.2) is 5.82 Å². The van der Waals surface area contributed by atoms with Crippen LogP contribution in [0.1, 0.15) is 56.5 Å². The first kappa shape index (κ1) is 20.0. The topological polar surface area (TPSA) is 74.1 Å². The molecule has 2 fully saturated rings. The monoisotopic (exact) mass is 397 g/mol. The van der Waals surface area contributed by atoms with E-state index in [-0.39, 0.29) is 6.04 Å². The van der Waals surface area contributed by atoms with Crippen LogP contribution in [0, 0.1) is 5.92 Å². The van der Waals surface area contributed by atoms with Crippen molar-refractivity contribution in [2.24, 2.45) is 5.92 Å². The van der Waals surface area contributed by atoms with Crippen molar-refractivity contribution in [1.82, 2.24) is 25.5 Å². The molecule has 29 heavy (non-hydrogen) atoms. The number of nitrogens with zero attached hydrogens (tertiary/aromatic N) is 4. The highest BCUT2D eigenvalue weighted by Crippen LogP contribution is 2.30. The molecule has 2 unspecified atom stereocenters. The molecule has 1 saturated carbocycles. The molecule has 1 aliphatic heterocycles. The molecule has 2 atom stereocenters. The lowest BCUT2D eigenvalue weighted by Gasteiger charge is -2.33. The second-order valence-electron chi connectivity index (χ2n) is 8.17. The normalized spacial score (nSPS) is 20.6. The molecule has 1 aromatic heterocycles. The Balaban J connectivity index is 1.52. The van der Waals surface area contributed by atoms with Crippen LogP contribution in [0.2, 0.25) is 0 Å². The molecule has 0 radical (unpaired) electrons. The molecule has 2 heterocycles. The van der Waals surface area contributed by atoms with Gasteiger partial charge in [-0.2, -0.15) is 0 Å². The Morgan fingerprint density at radius 3 is 2.83 bits per heavy atom. The van der Waals surface area contributed by atoms with Crippen molar-refractivity contribution in [3.05, 3.63) is 47.8 Å². The average molecular weight is 398 g/mol. The number of unbranched alkanes of at least 4 members (excludes halogenated alkanes) is 1. The molecular formula is C22H31N5O2. The van der Waals surface area contributed by atoms with E-state index in [0.29, 0.717) is 12.0 Å². The minimum atomic E-state index is -0.0601. The second-order valence-corrected chi connectivity index (χ2v) is 8.17. The Labute approximate surface area is 172 Å². The Morgan fingerprint density at radius 2 is 2.14 bits per heavy atom. The number of nitrogens with one attached hydrogen (secondary N) is 1. The zero-order valence-corrected chi connectivity index (χ0v) is 17.2. The van der Waals surface area contributed by atoms with Crippen molar-refractivity contribution in [3.63, 3.8) is 0 Å². The molecule has 2 aromatic rings. The van der Waals surface area contributed by atoms with Crippen molar-refractivity contribution in [3.8, 4) is 5.75 Å². The number of hydrogen-bond acceptors (Lipinski definition) is 6. The average Bonchev–Trinajstić information content (AvgIpc) is 3.38. The summed E-state index contributed by atoms with van der Waals surface area (Å²) in [6, 6.07) is 8.66. The van der Waals surface area contributed by atoms with Gasteiger partial charge in [0.2, 0.25) is 0 Å². The van der Waals surface area contributed by atoms with E-state index >= 15 is 0 Å². The van der Waals surface area contributed by atoms with E-state index in [0.717, 1.165) is 75.6 Å². The number of rotatable bonds is 10. The van der Waals surface area contributed by atoms with Gasteiger partial charge in [-0.1, -0.05) is 37.6 Å². The van der Waals surface area contributed by atoms with E-state index < -0.39 is 0 Å². The highest BCUT2D eigenvalue weighted by Gasteiger charge is 2.30. The van der Waals surface area contributed by atoms with Crippen LogP contribution >= 0.6 is 0 Å². The molecule has 0 spiro atoms. The molecule has 1 aliphatic carbocycles. The highest BCUT2D eigenvalue weighted by atomic mass is 16.5. The van der Waals surface area contributed by atoms with E-state index in [9.17, 15) is 0 Å². The number of aromatic nitrogens is 4. The smallest absolute Gasteiger partial charge is 0.172 e. The zero-order chi connectivity index (χ0) is 20.1. The fraction of sp³-hybridized carbons (Fsp3) is 0.591. The summed E-state index contributed by atoms with van der Waals surface area (Å²) in [5.74, 6) is 2.23. The number of tetrazole rings is 1. The minimum Gasteiger partial charge on any atom is -0.494 e. The molecule has 4 rings (SSSR count). The molecular weight excluding hydrogens is 366 g/mol. The second kappa shape index (κ2) is 9.50. The van der Waals surface area contributed by atoms with E-state index in [4.69, 9.17) is 9.47 Å². The van der Waals surface area contributed by atoms with E-state index in [1.54, 1.807) is 0 Å². The lowest BCUT2D eigenvalue weighted by molar-refractivity contribution is 0.181. The SMILES string of the molecule is C=C1CC(NC(c2ccc(OCCCC)cc2)c2nnnn2CC2CCOC2)C1. The van der Waals surface area contributed by atoms with Gasteiger partial charge in [-0.05, 0) is 53.8 Å². The summed E-state index contributed by atoms with van der Waals surface area (Å²) in [6.45, 7) is 9.39. The lowest BCUT2D eigenvalue weighted by atomic mass is 9.86. The van der Waals surface area contributed by atoms with Gasteiger partial charge >= 0.3 is 0 Å². The largest absolute Gasteiger partial charge is 0.494 e. The maximum Gasteiger partial charge on any atom is 0.172 e. The van der Waals surface area contributed by atoms with Gasteiger partial charge < -0.3 is 14.8 Å². The van der Waals surface area contributed by atoms with Crippen molar-refractivity contribution < 1.29 is 9.47 Å². The van der Waals surface area contributed by atoms with Crippen molar-refractivity contribution in [2.45, 2.75) is 57.7 Å². The van der Waals surface area contributed by atoms with Crippen LogP contribution < -0.4 is 10.1 Å². The molecule has 156 valence electrons. The zero-order valence-electron chi connectivity index (χ0n) is 17.2.